The van der Waals surface area contributed by atoms with Gasteiger partial charge in [-0.3, -0.25) is 9.59 Å². The number of benzene rings is 1. The Bertz CT molecular complexity index is 511. The number of piperidine rings is 1. The number of hydrogen-bond acceptors (Lipinski definition) is 2. The van der Waals surface area contributed by atoms with E-state index in [0.29, 0.717) is 18.9 Å². The molecule has 0 saturated carbocycles. The molecule has 0 spiro atoms. The molecule has 4 nitrogen and oxygen atoms in total. The van der Waals surface area contributed by atoms with E-state index in [1.54, 1.807) is 4.90 Å². The Hall–Kier alpha value is -1.84. The maximum absolute atomic E-state index is 12.5. The summed E-state index contributed by atoms with van der Waals surface area (Å²) in [6.45, 7) is 5.20. The molecule has 0 aliphatic carbocycles. The van der Waals surface area contributed by atoms with Gasteiger partial charge in [0.25, 0.3) is 0 Å². The first kappa shape index (κ1) is 17.5. The fourth-order valence-electron chi connectivity index (χ4n) is 3.32. The van der Waals surface area contributed by atoms with Crippen molar-refractivity contribution < 1.29 is 9.59 Å². The van der Waals surface area contributed by atoms with Crippen LogP contribution in [0.15, 0.2) is 30.3 Å². The highest BCUT2D eigenvalue weighted by molar-refractivity contribution is 5.85. The lowest BCUT2D eigenvalue weighted by Gasteiger charge is -2.30. The minimum absolute atomic E-state index is 0.0126. The van der Waals surface area contributed by atoms with Crippen molar-refractivity contribution in [3.8, 4) is 0 Å². The van der Waals surface area contributed by atoms with Crippen molar-refractivity contribution in [1.29, 1.82) is 0 Å². The molecule has 1 N–H and O–H groups in total. The van der Waals surface area contributed by atoms with Crippen LogP contribution in [-0.4, -0.2) is 29.8 Å². The van der Waals surface area contributed by atoms with Crippen LogP contribution >= 0.6 is 0 Å². The zero-order chi connectivity index (χ0) is 16.7. The molecule has 1 heterocycles. The Morgan fingerprint density at radius 3 is 2.48 bits per heavy atom. The average Bonchev–Trinajstić information content (AvgIpc) is 2.58. The van der Waals surface area contributed by atoms with E-state index in [4.69, 9.17) is 0 Å². The highest BCUT2D eigenvalue weighted by atomic mass is 16.2. The molecule has 1 fully saturated rings. The van der Waals surface area contributed by atoms with Crippen molar-refractivity contribution in [3.05, 3.63) is 35.9 Å². The van der Waals surface area contributed by atoms with Crippen LogP contribution in [-0.2, 0) is 9.59 Å². The van der Waals surface area contributed by atoms with E-state index in [2.05, 4.69) is 31.3 Å². The van der Waals surface area contributed by atoms with Gasteiger partial charge in [-0.05, 0) is 24.3 Å². The van der Waals surface area contributed by atoms with Crippen molar-refractivity contribution in [2.75, 3.05) is 13.1 Å². The molecule has 1 aromatic carbocycles. The van der Waals surface area contributed by atoms with Crippen LogP contribution in [0, 0.1) is 5.92 Å². The third-order valence-corrected chi connectivity index (χ3v) is 4.75. The number of hydrogen-bond donors (Lipinski definition) is 1. The fraction of sp³-hybridized carbons (Fsp3) is 0.579. The Balaban J connectivity index is 2.04. The van der Waals surface area contributed by atoms with Crippen molar-refractivity contribution in [1.82, 2.24) is 10.2 Å². The fourth-order valence-corrected chi connectivity index (χ4v) is 3.32. The smallest absolute Gasteiger partial charge is 0.240 e. The first-order valence-corrected chi connectivity index (χ1v) is 8.77. The molecule has 1 aromatic rings. The average molecular weight is 316 g/mol. The van der Waals surface area contributed by atoms with E-state index in [9.17, 15) is 9.59 Å². The first-order chi connectivity index (χ1) is 11.2. The molecule has 23 heavy (non-hydrogen) atoms. The molecule has 126 valence electrons. The molecule has 1 aliphatic rings. The van der Waals surface area contributed by atoms with Gasteiger partial charge in [-0.25, -0.2) is 0 Å². The van der Waals surface area contributed by atoms with Crippen LogP contribution in [0.3, 0.4) is 0 Å². The van der Waals surface area contributed by atoms with Crippen LogP contribution in [0.2, 0.25) is 0 Å². The minimum Gasteiger partial charge on any atom is -0.347 e. The lowest BCUT2D eigenvalue weighted by Crippen LogP contribution is -2.44. The van der Waals surface area contributed by atoms with E-state index < -0.39 is 0 Å². The second-order valence-electron chi connectivity index (χ2n) is 6.30. The number of nitrogens with one attached hydrogen (secondary N) is 1. The van der Waals surface area contributed by atoms with Crippen molar-refractivity contribution >= 4 is 11.8 Å². The number of nitrogens with zero attached hydrogens (tertiary/aromatic N) is 1. The summed E-state index contributed by atoms with van der Waals surface area (Å²) in [4.78, 5) is 26.0. The van der Waals surface area contributed by atoms with Gasteiger partial charge in [0.05, 0.1) is 12.6 Å². The van der Waals surface area contributed by atoms with E-state index in [1.807, 2.05) is 18.2 Å². The Labute approximate surface area is 139 Å². The lowest BCUT2D eigenvalue weighted by atomic mass is 9.89. The Morgan fingerprint density at radius 1 is 1.17 bits per heavy atom. The summed E-state index contributed by atoms with van der Waals surface area (Å²) in [5.74, 6) is 0.449. The summed E-state index contributed by atoms with van der Waals surface area (Å²) in [6.07, 6.45) is 4.53. The molecule has 1 saturated heterocycles. The molecular weight excluding hydrogens is 288 g/mol. The van der Waals surface area contributed by atoms with Gasteiger partial charge < -0.3 is 10.2 Å². The van der Waals surface area contributed by atoms with E-state index in [-0.39, 0.29) is 24.4 Å². The highest BCUT2D eigenvalue weighted by Crippen LogP contribution is 2.27. The summed E-state index contributed by atoms with van der Waals surface area (Å²) in [7, 11) is 0. The van der Waals surface area contributed by atoms with Gasteiger partial charge in [-0.15, -0.1) is 0 Å². The molecule has 0 radical (unpaired) electrons. The number of likely N-dealkylation sites (tertiary alicyclic amines) is 1. The first-order valence-electron chi connectivity index (χ1n) is 8.77. The third-order valence-electron chi connectivity index (χ3n) is 4.75. The third kappa shape index (κ3) is 4.81. The standard InChI is InChI=1S/C19H28N2O2/c1-3-15(4-2)19(16-10-6-5-7-11-16)20-17(22)14-21-13-9-8-12-18(21)23/h5-7,10-11,15,19H,3-4,8-9,12-14H2,1-2H3,(H,20,22). The van der Waals surface area contributed by atoms with Crippen molar-refractivity contribution in [2.24, 2.45) is 5.92 Å². The molecule has 0 bridgehead atoms. The highest BCUT2D eigenvalue weighted by Gasteiger charge is 2.25. The summed E-state index contributed by atoms with van der Waals surface area (Å²) in [6, 6.07) is 10.1. The van der Waals surface area contributed by atoms with Crippen LogP contribution in [0.4, 0.5) is 0 Å². The van der Waals surface area contributed by atoms with Gasteiger partial charge in [-0.2, -0.15) is 0 Å². The summed E-state index contributed by atoms with van der Waals surface area (Å²) in [5.41, 5.74) is 1.14. The zero-order valence-corrected chi connectivity index (χ0v) is 14.3. The van der Waals surface area contributed by atoms with Crippen molar-refractivity contribution in [3.63, 3.8) is 0 Å². The van der Waals surface area contributed by atoms with Crippen molar-refractivity contribution in [2.45, 2.75) is 52.0 Å². The normalized spacial score (nSPS) is 16.5. The predicted molar refractivity (Wildman–Crippen MR) is 91.8 cm³/mol. The molecular formula is C19H28N2O2. The quantitative estimate of drug-likeness (QED) is 0.839. The number of carbonyl (C=O) groups excluding carboxylic acids is 2. The Morgan fingerprint density at radius 2 is 1.87 bits per heavy atom. The SMILES string of the molecule is CCC(CC)C(NC(=O)CN1CCCCC1=O)c1ccccc1. The van der Waals surface area contributed by atoms with Crippen LogP contribution in [0.25, 0.3) is 0 Å². The van der Waals surface area contributed by atoms with Gasteiger partial charge in [0.15, 0.2) is 0 Å². The largest absolute Gasteiger partial charge is 0.347 e. The number of amides is 2. The molecule has 4 heteroatoms. The topological polar surface area (TPSA) is 49.4 Å². The summed E-state index contributed by atoms with van der Waals surface area (Å²) in [5, 5.41) is 3.17. The van der Waals surface area contributed by atoms with E-state index >= 15 is 0 Å². The molecule has 1 atom stereocenters. The van der Waals surface area contributed by atoms with Gasteiger partial charge >= 0.3 is 0 Å². The second-order valence-corrected chi connectivity index (χ2v) is 6.30. The van der Waals surface area contributed by atoms with E-state index in [1.165, 1.54) is 0 Å². The predicted octanol–water partition coefficient (Wildman–Crippen LogP) is 3.29. The Kier molecular flexibility index (Phi) is 6.63. The second kappa shape index (κ2) is 8.70. The maximum atomic E-state index is 12.5. The van der Waals surface area contributed by atoms with Gasteiger partial charge in [0, 0.05) is 13.0 Å². The minimum atomic E-state index is -0.0546. The van der Waals surface area contributed by atoms with Crippen LogP contribution in [0.1, 0.15) is 57.6 Å². The lowest BCUT2D eigenvalue weighted by molar-refractivity contribution is -0.138. The van der Waals surface area contributed by atoms with Gasteiger partial charge in [0.1, 0.15) is 0 Å². The number of rotatable bonds is 7. The monoisotopic (exact) mass is 316 g/mol. The number of carbonyl (C=O) groups is 2. The summed E-state index contributed by atoms with van der Waals surface area (Å²) >= 11 is 0. The summed E-state index contributed by atoms with van der Waals surface area (Å²) < 4.78 is 0. The molecule has 1 unspecified atom stereocenters. The molecule has 0 aromatic heterocycles. The van der Waals surface area contributed by atoms with Gasteiger partial charge in [0.2, 0.25) is 11.8 Å². The maximum Gasteiger partial charge on any atom is 0.240 e. The molecule has 1 aliphatic heterocycles. The molecule has 2 rings (SSSR count). The van der Waals surface area contributed by atoms with Crippen LogP contribution < -0.4 is 5.32 Å². The van der Waals surface area contributed by atoms with Gasteiger partial charge in [-0.1, -0.05) is 57.0 Å². The van der Waals surface area contributed by atoms with Crippen LogP contribution in [0.5, 0.6) is 0 Å². The molecule has 2 amide bonds. The zero-order valence-electron chi connectivity index (χ0n) is 14.3. The van der Waals surface area contributed by atoms with E-state index in [0.717, 1.165) is 31.2 Å².